The Kier molecular flexibility index (Phi) is 5.08. The highest BCUT2D eigenvalue weighted by atomic mass is 35.5. The van der Waals surface area contributed by atoms with E-state index in [0.717, 1.165) is 9.92 Å². The van der Waals surface area contributed by atoms with E-state index in [-0.39, 0.29) is 5.91 Å². The van der Waals surface area contributed by atoms with E-state index in [0.29, 0.717) is 22.0 Å². The average Bonchev–Trinajstić information content (AvgIpc) is 2.97. The van der Waals surface area contributed by atoms with E-state index in [2.05, 4.69) is 10.4 Å². The minimum atomic E-state index is -0.253. The van der Waals surface area contributed by atoms with Gasteiger partial charge in [0.1, 0.15) is 6.07 Å². The van der Waals surface area contributed by atoms with Crippen molar-refractivity contribution in [2.45, 2.75) is 9.92 Å². The van der Waals surface area contributed by atoms with Gasteiger partial charge in [-0.3, -0.25) is 9.48 Å². The molecule has 5 nitrogen and oxygen atoms in total. The van der Waals surface area contributed by atoms with Crippen molar-refractivity contribution in [3.05, 3.63) is 70.9 Å². The smallest absolute Gasteiger partial charge is 0.257 e. The molecule has 1 aromatic heterocycles. The van der Waals surface area contributed by atoms with Crippen molar-refractivity contribution in [3.8, 4) is 6.07 Å². The van der Waals surface area contributed by atoms with Crippen LogP contribution in [0, 0.1) is 11.3 Å². The van der Waals surface area contributed by atoms with Crippen LogP contribution in [0.15, 0.2) is 64.5 Å². The number of benzene rings is 2. The third-order valence-electron chi connectivity index (χ3n) is 3.40. The third kappa shape index (κ3) is 4.02. The quantitative estimate of drug-likeness (QED) is 0.743. The summed E-state index contributed by atoms with van der Waals surface area (Å²) in [5.74, 6) is -0.253. The van der Waals surface area contributed by atoms with Crippen LogP contribution in [0.5, 0.6) is 0 Å². The Morgan fingerprint density at radius 3 is 2.60 bits per heavy atom. The van der Waals surface area contributed by atoms with Gasteiger partial charge in [-0.15, -0.1) is 0 Å². The van der Waals surface area contributed by atoms with E-state index in [1.165, 1.54) is 11.8 Å². The summed E-state index contributed by atoms with van der Waals surface area (Å²) in [6.07, 6.45) is 0. The van der Waals surface area contributed by atoms with Crippen LogP contribution in [-0.4, -0.2) is 15.7 Å². The largest absolute Gasteiger partial charge is 0.322 e. The van der Waals surface area contributed by atoms with Crippen LogP contribution >= 0.6 is 23.4 Å². The molecule has 0 saturated heterocycles. The summed E-state index contributed by atoms with van der Waals surface area (Å²) in [7, 11) is 1.79. The topological polar surface area (TPSA) is 70.7 Å². The van der Waals surface area contributed by atoms with Crippen LogP contribution in [0.4, 0.5) is 5.69 Å². The lowest BCUT2D eigenvalue weighted by molar-refractivity contribution is 0.102. The number of hydrogen-bond donors (Lipinski definition) is 1. The number of hydrogen-bond acceptors (Lipinski definition) is 4. The number of nitrogens with one attached hydrogen (secondary N) is 1. The van der Waals surface area contributed by atoms with Crippen LogP contribution in [0.2, 0.25) is 5.02 Å². The molecule has 124 valence electrons. The Balaban J connectivity index is 1.70. The lowest BCUT2D eigenvalue weighted by Crippen LogP contribution is -2.12. The molecule has 0 aliphatic heterocycles. The average molecular weight is 369 g/mol. The van der Waals surface area contributed by atoms with Crippen molar-refractivity contribution in [1.82, 2.24) is 9.78 Å². The minimum Gasteiger partial charge on any atom is -0.322 e. The summed E-state index contributed by atoms with van der Waals surface area (Å²) in [6, 6.07) is 18.1. The highest BCUT2D eigenvalue weighted by Crippen LogP contribution is 2.29. The maximum Gasteiger partial charge on any atom is 0.257 e. The van der Waals surface area contributed by atoms with Gasteiger partial charge < -0.3 is 5.32 Å². The number of carbonyl (C=O) groups excluding carboxylic acids is 1. The molecule has 0 bridgehead atoms. The summed E-state index contributed by atoms with van der Waals surface area (Å²) in [4.78, 5) is 13.2. The number of carbonyl (C=O) groups is 1. The van der Waals surface area contributed by atoms with Gasteiger partial charge in [-0.05, 0) is 36.4 Å². The summed E-state index contributed by atoms with van der Waals surface area (Å²) < 4.78 is 1.66. The van der Waals surface area contributed by atoms with Gasteiger partial charge in [-0.2, -0.15) is 10.4 Å². The molecule has 1 amide bonds. The zero-order chi connectivity index (χ0) is 17.8. The Morgan fingerprint density at radius 2 is 1.96 bits per heavy atom. The van der Waals surface area contributed by atoms with E-state index in [1.807, 2.05) is 30.3 Å². The third-order valence-corrected chi connectivity index (χ3v) is 4.83. The van der Waals surface area contributed by atoms with E-state index >= 15 is 0 Å². The molecule has 1 N–H and O–H groups in total. The number of amides is 1. The molecule has 25 heavy (non-hydrogen) atoms. The van der Waals surface area contributed by atoms with Crippen molar-refractivity contribution in [2.75, 3.05) is 5.32 Å². The van der Waals surface area contributed by atoms with Crippen molar-refractivity contribution in [3.63, 3.8) is 0 Å². The Bertz CT molecular complexity index is 960. The van der Waals surface area contributed by atoms with Crippen molar-refractivity contribution in [1.29, 1.82) is 5.26 Å². The molecule has 1 heterocycles. The minimum absolute atomic E-state index is 0.253. The molecule has 0 unspecified atom stereocenters. The van der Waals surface area contributed by atoms with Gasteiger partial charge in [-0.25, -0.2) is 0 Å². The summed E-state index contributed by atoms with van der Waals surface area (Å²) >= 11 is 7.53. The number of anilines is 1. The fourth-order valence-electron chi connectivity index (χ4n) is 2.17. The molecule has 3 aromatic rings. The van der Waals surface area contributed by atoms with Gasteiger partial charge in [-0.1, -0.05) is 35.5 Å². The Morgan fingerprint density at radius 1 is 1.24 bits per heavy atom. The van der Waals surface area contributed by atoms with Gasteiger partial charge in [0.05, 0.1) is 15.6 Å². The molecule has 2 aromatic carbocycles. The first kappa shape index (κ1) is 17.1. The molecule has 0 atom stereocenters. The molecule has 0 fully saturated rings. The highest BCUT2D eigenvalue weighted by molar-refractivity contribution is 7.99. The summed E-state index contributed by atoms with van der Waals surface area (Å²) in [5.41, 5.74) is 1.49. The second-order valence-electron chi connectivity index (χ2n) is 5.16. The first-order valence-corrected chi connectivity index (χ1v) is 8.54. The fraction of sp³-hybridized carbons (Fsp3) is 0.0556. The molecular formula is C18H13ClN4OS. The van der Waals surface area contributed by atoms with E-state index in [9.17, 15) is 4.79 Å². The van der Waals surface area contributed by atoms with Crippen molar-refractivity contribution < 1.29 is 4.79 Å². The molecule has 0 saturated carbocycles. The van der Waals surface area contributed by atoms with Crippen LogP contribution in [0.1, 0.15) is 16.1 Å². The molecular weight excluding hydrogens is 356 g/mol. The van der Waals surface area contributed by atoms with E-state index in [4.69, 9.17) is 16.9 Å². The number of nitrogens with zero attached hydrogens (tertiary/aromatic N) is 3. The number of halogens is 1. The molecule has 0 spiro atoms. The van der Waals surface area contributed by atoms with Gasteiger partial charge in [0.25, 0.3) is 5.91 Å². The van der Waals surface area contributed by atoms with Crippen molar-refractivity contribution in [2.24, 2.45) is 7.05 Å². The van der Waals surface area contributed by atoms with Crippen LogP contribution < -0.4 is 5.32 Å². The predicted molar refractivity (Wildman–Crippen MR) is 97.9 cm³/mol. The lowest BCUT2D eigenvalue weighted by atomic mass is 10.2. The highest BCUT2D eigenvalue weighted by Gasteiger charge is 2.10. The first-order chi connectivity index (χ1) is 12.1. The van der Waals surface area contributed by atoms with Crippen LogP contribution in [0.3, 0.4) is 0 Å². The second-order valence-corrected chi connectivity index (χ2v) is 6.66. The van der Waals surface area contributed by atoms with Gasteiger partial charge in [0.2, 0.25) is 0 Å². The predicted octanol–water partition coefficient (Wildman–Crippen LogP) is 4.35. The fourth-order valence-corrected chi connectivity index (χ4v) is 3.25. The van der Waals surface area contributed by atoms with Gasteiger partial charge in [0, 0.05) is 23.7 Å². The monoisotopic (exact) mass is 368 g/mol. The van der Waals surface area contributed by atoms with E-state index in [1.54, 1.807) is 42.1 Å². The Hall–Kier alpha value is -2.75. The number of aryl methyl sites for hydroxylation is 1. The molecule has 3 rings (SSSR count). The first-order valence-electron chi connectivity index (χ1n) is 7.35. The second kappa shape index (κ2) is 7.43. The molecule has 0 radical (unpaired) electrons. The number of aromatic nitrogens is 2. The van der Waals surface area contributed by atoms with Gasteiger partial charge in [0.15, 0.2) is 5.69 Å². The zero-order valence-corrected chi connectivity index (χ0v) is 14.8. The van der Waals surface area contributed by atoms with E-state index < -0.39 is 0 Å². The van der Waals surface area contributed by atoms with Crippen LogP contribution in [0.25, 0.3) is 0 Å². The number of nitriles is 1. The zero-order valence-electron chi connectivity index (χ0n) is 13.2. The van der Waals surface area contributed by atoms with Gasteiger partial charge >= 0.3 is 0 Å². The normalized spacial score (nSPS) is 10.3. The SMILES string of the molecule is Cn1nc(C#N)cc1Sc1ccc(NC(=O)c2ccccc2Cl)cc1. The molecule has 0 aliphatic rings. The maximum atomic E-state index is 12.2. The summed E-state index contributed by atoms with van der Waals surface area (Å²) in [6.45, 7) is 0. The lowest BCUT2D eigenvalue weighted by Gasteiger charge is -2.08. The summed E-state index contributed by atoms with van der Waals surface area (Å²) in [5, 5.41) is 17.1. The Labute approximate surface area is 154 Å². The van der Waals surface area contributed by atoms with Crippen molar-refractivity contribution >= 4 is 35.0 Å². The van der Waals surface area contributed by atoms with Crippen LogP contribution in [-0.2, 0) is 7.05 Å². The number of rotatable bonds is 4. The molecule has 0 aliphatic carbocycles. The maximum absolute atomic E-state index is 12.2. The molecule has 7 heteroatoms. The standard InChI is InChI=1S/C18H13ClN4OS/c1-23-17(10-13(11-20)22-23)25-14-8-6-12(7-9-14)21-18(24)15-4-2-3-5-16(15)19/h2-10H,1H3,(H,21,24).